The summed E-state index contributed by atoms with van der Waals surface area (Å²) in [6, 6.07) is 12.7. The van der Waals surface area contributed by atoms with Gasteiger partial charge in [0.15, 0.2) is 0 Å². The fraction of sp³-hybridized carbons (Fsp3) is 0.133. The molecule has 0 fully saturated rings. The van der Waals surface area contributed by atoms with E-state index in [1.807, 2.05) is 43.1 Å². The molecule has 1 N–H and O–H groups in total. The normalized spacial score (nSPS) is 10.3. The molecule has 0 saturated heterocycles. The van der Waals surface area contributed by atoms with Crippen molar-refractivity contribution < 1.29 is 9.90 Å². The van der Waals surface area contributed by atoms with E-state index in [1.165, 1.54) is 6.07 Å². The Morgan fingerprint density at radius 3 is 2.47 bits per heavy atom. The summed E-state index contributed by atoms with van der Waals surface area (Å²) in [6.45, 7) is 1.99. The molecule has 0 aliphatic rings. The molecule has 98 valence electrons. The standard InChI is InChI=1S/C15H14ClNO2/c1-10-5-3-4-6-13(10)17(2)14-8-7-11(16)9-12(14)15(18)19/h3-9H,1-2H3,(H,18,19). The second-order valence-electron chi connectivity index (χ2n) is 4.31. The van der Waals surface area contributed by atoms with Crippen molar-refractivity contribution >= 4 is 28.9 Å². The van der Waals surface area contributed by atoms with Crippen LogP contribution >= 0.6 is 11.6 Å². The zero-order valence-electron chi connectivity index (χ0n) is 10.7. The minimum atomic E-state index is -0.988. The highest BCUT2D eigenvalue weighted by molar-refractivity contribution is 6.31. The minimum absolute atomic E-state index is 0.193. The number of hydrogen-bond donors (Lipinski definition) is 1. The Bertz CT molecular complexity index is 625. The van der Waals surface area contributed by atoms with Gasteiger partial charge in [-0.25, -0.2) is 4.79 Å². The van der Waals surface area contributed by atoms with Crippen molar-refractivity contribution in [1.82, 2.24) is 0 Å². The van der Waals surface area contributed by atoms with Crippen LogP contribution < -0.4 is 4.90 Å². The molecule has 0 aliphatic carbocycles. The number of carbonyl (C=O) groups is 1. The van der Waals surface area contributed by atoms with Gasteiger partial charge in [0.25, 0.3) is 0 Å². The fourth-order valence-electron chi connectivity index (χ4n) is 2.04. The first kappa shape index (κ1) is 13.4. The predicted octanol–water partition coefficient (Wildman–Crippen LogP) is 4.11. The van der Waals surface area contributed by atoms with Gasteiger partial charge < -0.3 is 10.0 Å². The van der Waals surface area contributed by atoms with Crippen LogP contribution in [0.1, 0.15) is 15.9 Å². The molecule has 0 radical (unpaired) electrons. The maximum absolute atomic E-state index is 11.3. The molecule has 2 aromatic rings. The molecule has 0 heterocycles. The van der Waals surface area contributed by atoms with Gasteiger partial charge in [-0.2, -0.15) is 0 Å². The van der Waals surface area contributed by atoms with Gasteiger partial charge in [0, 0.05) is 17.8 Å². The third kappa shape index (κ3) is 2.71. The van der Waals surface area contributed by atoms with Crippen LogP contribution in [0.15, 0.2) is 42.5 Å². The van der Waals surface area contributed by atoms with Gasteiger partial charge in [0.2, 0.25) is 0 Å². The van der Waals surface area contributed by atoms with Crippen molar-refractivity contribution in [2.75, 3.05) is 11.9 Å². The van der Waals surface area contributed by atoms with Crippen LogP contribution in [0.4, 0.5) is 11.4 Å². The highest BCUT2D eigenvalue weighted by Crippen LogP contribution is 2.31. The second kappa shape index (κ2) is 5.33. The summed E-state index contributed by atoms with van der Waals surface area (Å²) in [4.78, 5) is 13.2. The molecule has 0 bridgehead atoms. The van der Waals surface area contributed by atoms with Crippen LogP contribution in [0.3, 0.4) is 0 Å². The molecule has 0 unspecified atom stereocenters. The zero-order valence-corrected chi connectivity index (χ0v) is 11.5. The molecular weight excluding hydrogens is 262 g/mol. The van der Waals surface area contributed by atoms with Crippen molar-refractivity contribution in [2.45, 2.75) is 6.92 Å². The Morgan fingerprint density at radius 2 is 1.84 bits per heavy atom. The SMILES string of the molecule is Cc1ccccc1N(C)c1ccc(Cl)cc1C(=O)O. The Kier molecular flexibility index (Phi) is 3.76. The first-order chi connectivity index (χ1) is 9.00. The number of rotatable bonds is 3. The smallest absolute Gasteiger partial charge is 0.337 e. The van der Waals surface area contributed by atoms with Crippen LogP contribution in [-0.4, -0.2) is 18.1 Å². The van der Waals surface area contributed by atoms with Gasteiger partial charge in [-0.1, -0.05) is 29.8 Å². The molecule has 0 spiro atoms. The lowest BCUT2D eigenvalue weighted by Crippen LogP contribution is -2.15. The molecule has 3 nitrogen and oxygen atoms in total. The average Bonchev–Trinajstić information content (AvgIpc) is 2.38. The zero-order chi connectivity index (χ0) is 14.0. The highest BCUT2D eigenvalue weighted by atomic mass is 35.5. The van der Waals surface area contributed by atoms with Crippen molar-refractivity contribution in [3.63, 3.8) is 0 Å². The molecule has 0 saturated carbocycles. The monoisotopic (exact) mass is 275 g/mol. The number of halogens is 1. The van der Waals surface area contributed by atoms with Gasteiger partial charge in [-0.15, -0.1) is 0 Å². The van der Waals surface area contributed by atoms with E-state index in [2.05, 4.69) is 0 Å². The third-order valence-corrected chi connectivity index (χ3v) is 3.26. The number of hydrogen-bond acceptors (Lipinski definition) is 2. The minimum Gasteiger partial charge on any atom is -0.478 e. The number of para-hydroxylation sites is 1. The summed E-state index contributed by atoms with van der Waals surface area (Å²) in [5.41, 5.74) is 2.85. The van der Waals surface area contributed by atoms with E-state index < -0.39 is 5.97 Å². The van der Waals surface area contributed by atoms with Crippen molar-refractivity contribution in [3.05, 3.63) is 58.6 Å². The third-order valence-electron chi connectivity index (χ3n) is 3.03. The summed E-state index contributed by atoms with van der Waals surface area (Å²) in [5.74, 6) is -0.988. The molecule has 0 atom stereocenters. The van der Waals surface area contributed by atoms with E-state index in [0.29, 0.717) is 10.7 Å². The van der Waals surface area contributed by atoms with Gasteiger partial charge in [0.1, 0.15) is 0 Å². The quantitative estimate of drug-likeness (QED) is 0.916. The average molecular weight is 276 g/mol. The van der Waals surface area contributed by atoms with Crippen LogP contribution in [0, 0.1) is 6.92 Å². The van der Waals surface area contributed by atoms with Gasteiger partial charge >= 0.3 is 5.97 Å². The van der Waals surface area contributed by atoms with Crippen LogP contribution in [0.5, 0.6) is 0 Å². The van der Waals surface area contributed by atoms with Gasteiger partial charge in [-0.05, 0) is 36.8 Å². The Hall–Kier alpha value is -2.00. The molecule has 2 rings (SSSR count). The van der Waals surface area contributed by atoms with E-state index in [-0.39, 0.29) is 5.56 Å². The predicted molar refractivity (Wildman–Crippen MR) is 77.7 cm³/mol. The number of nitrogens with zero attached hydrogens (tertiary/aromatic N) is 1. The molecule has 0 aliphatic heterocycles. The van der Waals surface area contributed by atoms with E-state index in [0.717, 1.165) is 11.3 Å². The lowest BCUT2D eigenvalue weighted by atomic mass is 10.1. The van der Waals surface area contributed by atoms with Gasteiger partial charge in [0.05, 0.1) is 11.3 Å². The highest BCUT2D eigenvalue weighted by Gasteiger charge is 2.16. The van der Waals surface area contributed by atoms with Crippen molar-refractivity contribution in [3.8, 4) is 0 Å². The fourth-order valence-corrected chi connectivity index (χ4v) is 2.21. The van der Waals surface area contributed by atoms with E-state index in [1.54, 1.807) is 12.1 Å². The number of anilines is 2. The maximum Gasteiger partial charge on any atom is 0.337 e. The molecular formula is C15H14ClNO2. The van der Waals surface area contributed by atoms with E-state index in [9.17, 15) is 9.90 Å². The summed E-state index contributed by atoms with van der Waals surface area (Å²) in [7, 11) is 1.85. The maximum atomic E-state index is 11.3. The van der Waals surface area contributed by atoms with Crippen molar-refractivity contribution in [1.29, 1.82) is 0 Å². The summed E-state index contributed by atoms with van der Waals surface area (Å²) >= 11 is 5.86. The topological polar surface area (TPSA) is 40.5 Å². The number of carboxylic acids is 1. The lowest BCUT2D eigenvalue weighted by Gasteiger charge is -2.23. The largest absolute Gasteiger partial charge is 0.478 e. The second-order valence-corrected chi connectivity index (χ2v) is 4.75. The Balaban J connectivity index is 2.53. The van der Waals surface area contributed by atoms with Crippen molar-refractivity contribution in [2.24, 2.45) is 0 Å². The first-order valence-electron chi connectivity index (χ1n) is 5.83. The number of aryl methyl sites for hydroxylation is 1. The summed E-state index contributed by atoms with van der Waals surface area (Å²) < 4.78 is 0. The Morgan fingerprint density at radius 1 is 1.16 bits per heavy atom. The van der Waals surface area contributed by atoms with Crippen LogP contribution in [0.2, 0.25) is 5.02 Å². The van der Waals surface area contributed by atoms with Gasteiger partial charge in [-0.3, -0.25) is 0 Å². The summed E-state index contributed by atoms with van der Waals surface area (Å²) in [5, 5.41) is 9.69. The van der Waals surface area contributed by atoms with E-state index >= 15 is 0 Å². The number of aromatic carboxylic acids is 1. The first-order valence-corrected chi connectivity index (χ1v) is 6.20. The summed E-state index contributed by atoms with van der Waals surface area (Å²) in [6.07, 6.45) is 0. The number of carboxylic acid groups (broad SMARTS) is 1. The molecule has 19 heavy (non-hydrogen) atoms. The van der Waals surface area contributed by atoms with Crippen LogP contribution in [0.25, 0.3) is 0 Å². The lowest BCUT2D eigenvalue weighted by molar-refractivity contribution is 0.0697. The number of benzene rings is 2. The Labute approximate surface area is 117 Å². The molecule has 0 aromatic heterocycles. The molecule has 4 heteroatoms. The molecule has 2 aromatic carbocycles. The van der Waals surface area contributed by atoms with Crippen LogP contribution in [-0.2, 0) is 0 Å². The molecule has 0 amide bonds. The van der Waals surface area contributed by atoms with E-state index in [4.69, 9.17) is 11.6 Å².